The molecule has 0 fully saturated rings. The van der Waals surface area contributed by atoms with Crippen molar-refractivity contribution in [2.75, 3.05) is 5.32 Å². The fourth-order valence-corrected chi connectivity index (χ4v) is 2.23. The first-order valence-electron chi connectivity index (χ1n) is 6.96. The smallest absolute Gasteiger partial charge is 0.278 e. The van der Waals surface area contributed by atoms with Gasteiger partial charge in [-0.1, -0.05) is 24.3 Å². The molecule has 2 amide bonds. The maximum Gasteiger partial charge on any atom is 0.278 e. The van der Waals surface area contributed by atoms with Gasteiger partial charge in [-0.15, -0.1) is 0 Å². The molecule has 1 heterocycles. The molecule has 3 aromatic rings. The van der Waals surface area contributed by atoms with Crippen LogP contribution in [0.15, 0.2) is 59.3 Å². The molecule has 0 saturated heterocycles. The zero-order chi connectivity index (χ0) is 17.1. The highest BCUT2D eigenvalue weighted by Gasteiger charge is 2.21. The van der Waals surface area contributed by atoms with E-state index in [2.05, 4.69) is 10.3 Å². The summed E-state index contributed by atoms with van der Waals surface area (Å²) >= 11 is 0. The van der Waals surface area contributed by atoms with E-state index in [0.717, 1.165) is 6.39 Å². The average molecular weight is 325 g/mol. The van der Waals surface area contributed by atoms with Crippen molar-refractivity contribution in [2.24, 2.45) is 5.73 Å². The molecule has 3 rings (SSSR count). The zero-order valence-electron chi connectivity index (χ0n) is 12.3. The Bertz CT molecular complexity index is 921. The second-order valence-corrected chi connectivity index (χ2v) is 4.87. The Morgan fingerprint density at radius 2 is 1.79 bits per heavy atom. The van der Waals surface area contributed by atoms with Crippen molar-refractivity contribution in [1.82, 2.24) is 4.98 Å². The predicted octanol–water partition coefficient (Wildman–Crippen LogP) is 2.83. The summed E-state index contributed by atoms with van der Waals surface area (Å²) in [5, 5.41) is 2.54. The Labute approximate surface area is 136 Å². The molecule has 6 nitrogen and oxygen atoms in total. The van der Waals surface area contributed by atoms with E-state index in [1.165, 1.54) is 30.3 Å². The molecular formula is C17H12FN3O3. The summed E-state index contributed by atoms with van der Waals surface area (Å²) in [6.45, 7) is 0. The number of aromatic nitrogens is 1. The summed E-state index contributed by atoms with van der Waals surface area (Å²) < 4.78 is 19.1. The second-order valence-electron chi connectivity index (χ2n) is 4.87. The van der Waals surface area contributed by atoms with E-state index in [0.29, 0.717) is 0 Å². The highest BCUT2D eigenvalue weighted by atomic mass is 19.1. The molecule has 0 saturated carbocycles. The Balaban J connectivity index is 1.95. The Morgan fingerprint density at radius 3 is 2.54 bits per heavy atom. The highest BCUT2D eigenvalue weighted by molar-refractivity contribution is 6.09. The van der Waals surface area contributed by atoms with Crippen molar-refractivity contribution >= 4 is 17.5 Å². The molecule has 0 bridgehead atoms. The van der Waals surface area contributed by atoms with Crippen molar-refractivity contribution < 1.29 is 18.4 Å². The number of nitrogens with one attached hydrogen (secondary N) is 1. The lowest BCUT2D eigenvalue weighted by atomic mass is 10.1. The van der Waals surface area contributed by atoms with E-state index >= 15 is 0 Å². The van der Waals surface area contributed by atoms with Gasteiger partial charge in [0.1, 0.15) is 5.82 Å². The lowest BCUT2D eigenvalue weighted by molar-refractivity contribution is 0.100. The lowest BCUT2D eigenvalue weighted by Crippen LogP contribution is -2.19. The molecule has 0 radical (unpaired) electrons. The van der Waals surface area contributed by atoms with Crippen molar-refractivity contribution in [3.63, 3.8) is 0 Å². The Morgan fingerprint density at radius 1 is 1.08 bits per heavy atom. The number of amides is 2. The number of nitrogens with zero attached hydrogens (tertiary/aromatic N) is 1. The third-order valence-corrected chi connectivity index (χ3v) is 3.34. The van der Waals surface area contributed by atoms with E-state index in [1.54, 1.807) is 18.2 Å². The maximum absolute atomic E-state index is 13.9. The number of oxazole rings is 1. The first-order chi connectivity index (χ1) is 11.6. The summed E-state index contributed by atoms with van der Waals surface area (Å²) in [5.74, 6) is -1.86. The molecule has 0 unspecified atom stereocenters. The summed E-state index contributed by atoms with van der Waals surface area (Å²) in [4.78, 5) is 27.7. The molecule has 1 aromatic heterocycles. The van der Waals surface area contributed by atoms with Crippen LogP contribution in [0.2, 0.25) is 0 Å². The number of nitrogens with two attached hydrogens (primary N) is 1. The molecule has 0 spiro atoms. The van der Waals surface area contributed by atoms with Gasteiger partial charge in [0, 0.05) is 0 Å². The second kappa shape index (κ2) is 6.33. The van der Waals surface area contributed by atoms with Gasteiger partial charge in [0.25, 0.3) is 11.8 Å². The number of hydrogen-bond acceptors (Lipinski definition) is 4. The summed E-state index contributed by atoms with van der Waals surface area (Å²) in [6.07, 6.45) is 1.05. The third-order valence-electron chi connectivity index (χ3n) is 3.34. The number of primary amides is 1. The quantitative estimate of drug-likeness (QED) is 0.770. The van der Waals surface area contributed by atoms with Crippen molar-refractivity contribution in [2.45, 2.75) is 0 Å². The largest absolute Gasteiger partial charge is 0.443 e. The van der Waals surface area contributed by atoms with Crippen LogP contribution < -0.4 is 11.1 Å². The molecule has 7 heteroatoms. The van der Waals surface area contributed by atoms with Crippen LogP contribution in [0.3, 0.4) is 0 Å². The Kier molecular flexibility index (Phi) is 4.07. The highest BCUT2D eigenvalue weighted by Crippen LogP contribution is 2.26. The maximum atomic E-state index is 13.9. The standard InChI is InChI=1S/C17H12FN3O3/c18-12-7-3-1-5-10(12)15-14(20-9-24-15)17(23)21-13-8-4-2-6-11(13)16(19)22/h1-9H,(H2,19,22)(H,21,23). The summed E-state index contributed by atoms with van der Waals surface area (Å²) in [5.41, 5.74) is 5.68. The fraction of sp³-hybridized carbons (Fsp3) is 0. The minimum absolute atomic E-state index is 0.00200. The van der Waals surface area contributed by atoms with Crippen LogP contribution >= 0.6 is 0 Å². The average Bonchev–Trinajstić information content (AvgIpc) is 3.05. The van der Waals surface area contributed by atoms with Gasteiger partial charge in [0.05, 0.1) is 16.8 Å². The number of anilines is 1. The van der Waals surface area contributed by atoms with E-state index < -0.39 is 17.6 Å². The fourth-order valence-electron chi connectivity index (χ4n) is 2.23. The van der Waals surface area contributed by atoms with Crippen LogP contribution in [0.4, 0.5) is 10.1 Å². The normalized spacial score (nSPS) is 10.4. The van der Waals surface area contributed by atoms with Gasteiger partial charge in [-0.3, -0.25) is 9.59 Å². The van der Waals surface area contributed by atoms with Gasteiger partial charge in [0.15, 0.2) is 17.8 Å². The Hall–Kier alpha value is -3.48. The predicted molar refractivity (Wildman–Crippen MR) is 84.8 cm³/mol. The molecule has 3 N–H and O–H groups in total. The molecule has 24 heavy (non-hydrogen) atoms. The minimum atomic E-state index is -0.680. The molecule has 0 atom stereocenters. The van der Waals surface area contributed by atoms with Gasteiger partial charge in [0.2, 0.25) is 0 Å². The number of halogens is 1. The van der Waals surface area contributed by atoms with Gasteiger partial charge >= 0.3 is 0 Å². The van der Waals surface area contributed by atoms with Gasteiger partial charge in [-0.25, -0.2) is 9.37 Å². The molecule has 0 aliphatic heterocycles. The number of benzene rings is 2. The number of para-hydroxylation sites is 1. The number of carbonyl (C=O) groups is 2. The number of carbonyl (C=O) groups excluding carboxylic acids is 2. The third kappa shape index (κ3) is 2.87. The SMILES string of the molecule is NC(=O)c1ccccc1NC(=O)c1ncoc1-c1ccccc1F. The molecule has 2 aromatic carbocycles. The summed E-state index contributed by atoms with van der Waals surface area (Å²) in [6, 6.07) is 12.1. The molecule has 0 aliphatic rings. The van der Waals surface area contributed by atoms with Crippen molar-refractivity contribution in [3.05, 3.63) is 72.0 Å². The van der Waals surface area contributed by atoms with Crippen LogP contribution in [0.1, 0.15) is 20.8 Å². The molecular weight excluding hydrogens is 313 g/mol. The van der Waals surface area contributed by atoms with E-state index in [-0.39, 0.29) is 28.3 Å². The van der Waals surface area contributed by atoms with Crippen LogP contribution in [-0.4, -0.2) is 16.8 Å². The number of rotatable bonds is 4. The minimum Gasteiger partial charge on any atom is -0.443 e. The van der Waals surface area contributed by atoms with Crippen LogP contribution in [0.25, 0.3) is 11.3 Å². The first kappa shape index (κ1) is 15.4. The topological polar surface area (TPSA) is 98.2 Å². The van der Waals surface area contributed by atoms with E-state index in [1.807, 2.05) is 0 Å². The zero-order valence-corrected chi connectivity index (χ0v) is 12.3. The first-order valence-corrected chi connectivity index (χ1v) is 6.96. The van der Waals surface area contributed by atoms with Crippen LogP contribution in [0.5, 0.6) is 0 Å². The van der Waals surface area contributed by atoms with Gasteiger partial charge in [-0.2, -0.15) is 0 Å². The monoisotopic (exact) mass is 325 g/mol. The van der Waals surface area contributed by atoms with Crippen LogP contribution in [-0.2, 0) is 0 Å². The summed E-state index contributed by atoms with van der Waals surface area (Å²) in [7, 11) is 0. The van der Waals surface area contributed by atoms with E-state index in [4.69, 9.17) is 10.2 Å². The van der Waals surface area contributed by atoms with Gasteiger partial charge in [-0.05, 0) is 24.3 Å². The van der Waals surface area contributed by atoms with Crippen molar-refractivity contribution in [1.29, 1.82) is 0 Å². The van der Waals surface area contributed by atoms with E-state index in [9.17, 15) is 14.0 Å². The lowest BCUT2D eigenvalue weighted by Gasteiger charge is -2.08. The molecule has 0 aliphatic carbocycles. The molecule has 120 valence electrons. The van der Waals surface area contributed by atoms with Crippen molar-refractivity contribution in [3.8, 4) is 11.3 Å². The van der Waals surface area contributed by atoms with Gasteiger partial charge < -0.3 is 15.5 Å². The number of hydrogen-bond donors (Lipinski definition) is 2. The van der Waals surface area contributed by atoms with Crippen LogP contribution in [0, 0.1) is 5.82 Å².